The molecule has 2 aliphatic carbocycles. The predicted molar refractivity (Wildman–Crippen MR) is 73.3 cm³/mol. The van der Waals surface area contributed by atoms with Crippen LogP contribution in [-0.4, -0.2) is 28.9 Å². The quantitative estimate of drug-likeness (QED) is 0.631. The van der Waals surface area contributed by atoms with Crippen molar-refractivity contribution in [3.8, 4) is 17.2 Å². The largest absolute Gasteiger partial charge is 0.504 e. The van der Waals surface area contributed by atoms with E-state index in [-0.39, 0.29) is 23.0 Å². The first-order chi connectivity index (χ1) is 9.72. The molecule has 4 heteroatoms. The number of benzene rings is 1. The molecule has 2 bridgehead atoms. The lowest BCUT2D eigenvalue weighted by Crippen LogP contribution is -2.63. The zero-order chi connectivity index (χ0) is 13.5. The summed E-state index contributed by atoms with van der Waals surface area (Å²) >= 11 is 0. The molecule has 1 aromatic rings. The third-order valence-electron chi connectivity index (χ3n) is 6.15. The lowest BCUT2D eigenvalue weighted by atomic mass is 9.52. The number of ether oxygens (including phenoxy) is 1. The topological polar surface area (TPSA) is 61.7 Å². The van der Waals surface area contributed by atoms with Gasteiger partial charge in [-0.2, -0.15) is 0 Å². The van der Waals surface area contributed by atoms with E-state index in [9.17, 15) is 10.2 Å². The summed E-state index contributed by atoms with van der Waals surface area (Å²) in [6, 6.07) is 2.04. The summed E-state index contributed by atoms with van der Waals surface area (Å²) in [6.07, 6.45) is 5.70. The van der Waals surface area contributed by atoms with Gasteiger partial charge in [-0.15, -0.1) is 0 Å². The van der Waals surface area contributed by atoms with Gasteiger partial charge in [0.05, 0.1) is 0 Å². The zero-order valence-electron chi connectivity index (χ0n) is 11.4. The van der Waals surface area contributed by atoms with Gasteiger partial charge in [-0.1, -0.05) is 0 Å². The molecule has 0 unspecified atom stereocenters. The fourth-order valence-electron chi connectivity index (χ4n) is 5.50. The van der Waals surface area contributed by atoms with Gasteiger partial charge in [-0.3, -0.25) is 0 Å². The van der Waals surface area contributed by atoms with E-state index in [1.54, 1.807) is 6.07 Å². The minimum Gasteiger partial charge on any atom is -0.504 e. The Kier molecular flexibility index (Phi) is 1.93. The van der Waals surface area contributed by atoms with Crippen molar-refractivity contribution in [2.45, 2.75) is 49.7 Å². The van der Waals surface area contributed by atoms with Crippen LogP contribution in [0.25, 0.3) is 0 Å². The Morgan fingerprint density at radius 3 is 3.10 bits per heavy atom. The van der Waals surface area contributed by atoms with Crippen molar-refractivity contribution in [1.29, 1.82) is 0 Å². The van der Waals surface area contributed by atoms with Crippen molar-refractivity contribution in [3.05, 3.63) is 17.2 Å². The average Bonchev–Trinajstić information content (AvgIpc) is 2.73. The van der Waals surface area contributed by atoms with E-state index in [0.29, 0.717) is 12.0 Å². The molecule has 20 heavy (non-hydrogen) atoms. The first-order valence-corrected chi connectivity index (χ1v) is 7.70. The summed E-state index contributed by atoms with van der Waals surface area (Å²) in [5.41, 5.74) is 2.24. The number of piperidine rings is 1. The van der Waals surface area contributed by atoms with Crippen LogP contribution in [0.15, 0.2) is 6.07 Å². The molecule has 2 aliphatic heterocycles. The molecule has 2 fully saturated rings. The Morgan fingerprint density at radius 2 is 2.20 bits per heavy atom. The molecule has 1 aromatic carbocycles. The summed E-state index contributed by atoms with van der Waals surface area (Å²) in [6.45, 7) is 1.03. The Balaban J connectivity index is 1.85. The summed E-state index contributed by atoms with van der Waals surface area (Å²) in [7, 11) is 0. The van der Waals surface area contributed by atoms with Gasteiger partial charge in [-0.05, 0) is 44.6 Å². The summed E-state index contributed by atoms with van der Waals surface area (Å²) < 4.78 is 6.22. The van der Waals surface area contributed by atoms with Crippen molar-refractivity contribution in [2.24, 2.45) is 5.92 Å². The highest BCUT2D eigenvalue weighted by atomic mass is 16.5. The van der Waals surface area contributed by atoms with Crippen LogP contribution < -0.4 is 10.1 Å². The molecular weight excluding hydrogens is 254 g/mol. The van der Waals surface area contributed by atoms with Crippen LogP contribution in [0.3, 0.4) is 0 Å². The lowest BCUT2D eigenvalue weighted by molar-refractivity contribution is 0.00313. The van der Waals surface area contributed by atoms with Gasteiger partial charge in [0.2, 0.25) is 0 Å². The van der Waals surface area contributed by atoms with Gasteiger partial charge in [0.25, 0.3) is 0 Å². The molecule has 1 saturated heterocycles. The molecule has 4 atom stereocenters. The van der Waals surface area contributed by atoms with Crippen LogP contribution in [0.5, 0.6) is 17.2 Å². The smallest absolute Gasteiger partial charge is 0.161 e. The molecular formula is C16H19NO3. The summed E-state index contributed by atoms with van der Waals surface area (Å²) in [5, 5.41) is 23.9. The van der Waals surface area contributed by atoms with Gasteiger partial charge in [-0.25, -0.2) is 0 Å². The molecule has 5 rings (SSSR count). The second-order valence-corrected chi connectivity index (χ2v) is 6.79. The van der Waals surface area contributed by atoms with E-state index >= 15 is 0 Å². The maximum absolute atomic E-state index is 10.3. The summed E-state index contributed by atoms with van der Waals surface area (Å²) in [5.74, 6) is 1.48. The first-order valence-electron chi connectivity index (χ1n) is 7.70. The SMILES string of the molecule is Oc1cc2c3c(c1O)C[C@H]1NCC[C@@]34[C@H](CCC[C@@H]14)O2. The highest BCUT2D eigenvalue weighted by molar-refractivity contribution is 5.63. The van der Waals surface area contributed by atoms with Crippen molar-refractivity contribution in [2.75, 3.05) is 6.54 Å². The third-order valence-corrected chi connectivity index (χ3v) is 6.15. The van der Waals surface area contributed by atoms with Crippen LogP contribution in [0, 0.1) is 5.92 Å². The van der Waals surface area contributed by atoms with Gasteiger partial charge in [0, 0.05) is 28.7 Å². The van der Waals surface area contributed by atoms with Crippen LogP contribution in [0.1, 0.15) is 36.8 Å². The second kappa shape index (κ2) is 3.42. The predicted octanol–water partition coefficient (Wildman–Crippen LogP) is 1.81. The van der Waals surface area contributed by atoms with E-state index in [2.05, 4.69) is 5.32 Å². The molecule has 1 spiro atoms. The van der Waals surface area contributed by atoms with E-state index in [1.165, 1.54) is 18.4 Å². The van der Waals surface area contributed by atoms with Gasteiger partial charge < -0.3 is 20.3 Å². The minimum atomic E-state index is -0.0367. The number of hydrogen-bond acceptors (Lipinski definition) is 4. The van der Waals surface area contributed by atoms with Gasteiger partial charge in [0.15, 0.2) is 11.5 Å². The van der Waals surface area contributed by atoms with Gasteiger partial charge in [0.1, 0.15) is 11.9 Å². The van der Waals surface area contributed by atoms with Crippen molar-refractivity contribution >= 4 is 0 Å². The molecule has 3 N–H and O–H groups in total. The fraction of sp³-hybridized carbons (Fsp3) is 0.625. The van der Waals surface area contributed by atoms with E-state index in [4.69, 9.17) is 4.74 Å². The first kappa shape index (κ1) is 11.3. The van der Waals surface area contributed by atoms with Crippen LogP contribution in [-0.2, 0) is 11.8 Å². The zero-order valence-corrected chi connectivity index (χ0v) is 11.4. The summed E-state index contributed by atoms with van der Waals surface area (Å²) in [4.78, 5) is 0. The molecule has 2 heterocycles. The number of nitrogens with one attached hydrogen (secondary N) is 1. The molecule has 4 nitrogen and oxygen atoms in total. The van der Waals surface area contributed by atoms with E-state index in [1.807, 2.05) is 0 Å². The number of phenols is 2. The fourth-order valence-corrected chi connectivity index (χ4v) is 5.50. The number of aromatic hydroxyl groups is 2. The monoisotopic (exact) mass is 273 g/mol. The van der Waals surface area contributed by atoms with Crippen LogP contribution >= 0.6 is 0 Å². The maximum Gasteiger partial charge on any atom is 0.161 e. The Labute approximate surface area is 117 Å². The number of phenolic OH excluding ortho intramolecular Hbond substituents is 2. The normalized spacial score (nSPS) is 40.1. The number of hydrogen-bond donors (Lipinski definition) is 3. The lowest BCUT2D eigenvalue weighted by Gasteiger charge is -2.55. The van der Waals surface area contributed by atoms with Crippen molar-refractivity contribution in [3.63, 3.8) is 0 Å². The van der Waals surface area contributed by atoms with E-state index < -0.39 is 0 Å². The maximum atomic E-state index is 10.3. The molecule has 4 aliphatic rings. The number of rotatable bonds is 0. The molecule has 0 radical (unpaired) electrons. The highest BCUT2D eigenvalue weighted by Crippen LogP contribution is 2.63. The molecule has 106 valence electrons. The van der Waals surface area contributed by atoms with E-state index in [0.717, 1.165) is 37.1 Å². The van der Waals surface area contributed by atoms with Crippen molar-refractivity contribution in [1.82, 2.24) is 5.32 Å². The average molecular weight is 273 g/mol. The van der Waals surface area contributed by atoms with Crippen molar-refractivity contribution < 1.29 is 14.9 Å². The third kappa shape index (κ3) is 1.06. The Hall–Kier alpha value is -1.42. The highest BCUT2D eigenvalue weighted by Gasteiger charge is 2.62. The van der Waals surface area contributed by atoms with Gasteiger partial charge >= 0.3 is 0 Å². The second-order valence-electron chi connectivity index (χ2n) is 6.79. The molecule has 0 amide bonds. The Morgan fingerprint density at radius 1 is 1.30 bits per heavy atom. The Bertz CT molecular complexity index is 614. The molecule has 0 aromatic heterocycles. The molecule has 1 saturated carbocycles. The minimum absolute atomic E-state index is 0.0367. The standard InChI is InChI=1S/C16H19NO3/c18-11-7-12-14-8(15(11)19)6-10-9-2-1-3-13(20-12)16(9,14)4-5-17-10/h7,9-10,13,17-19H,1-6H2/t9-,10+,13-,16+/m0/s1. The van der Waals surface area contributed by atoms with Crippen LogP contribution in [0.2, 0.25) is 0 Å². The van der Waals surface area contributed by atoms with Crippen LogP contribution in [0.4, 0.5) is 0 Å².